The number of amides is 2. The molecule has 1 aromatic carbocycles. The molecule has 0 spiro atoms. The number of pyridine rings is 1. The minimum atomic E-state index is -0.423. The summed E-state index contributed by atoms with van der Waals surface area (Å²) in [5, 5.41) is 1.17. The highest BCUT2D eigenvalue weighted by Gasteiger charge is 2.47. The van der Waals surface area contributed by atoms with Crippen molar-refractivity contribution in [3.63, 3.8) is 0 Å². The first kappa shape index (κ1) is 26.9. The van der Waals surface area contributed by atoms with E-state index in [0.29, 0.717) is 35.0 Å². The topological polar surface area (TPSA) is 61.7 Å². The van der Waals surface area contributed by atoms with Gasteiger partial charge in [-0.1, -0.05) is 0 Å². The fraction of sp³-hybridized carbons (Fsp3) is 0.531. The van der Waals surface area contributed by atoms with Crippen molar-refractivity contribution in [3.8, 4) is 5.69 Å². The van der Waals surface area contributed by atoms with Crippen molar-refractivity contribution < 1.29 is 14.0 Å². The number of carbonyl (C=O) groups excluding carboxylic acids is 2. The van der Waals surface area contributed by atoms with Crippen molar-refractivity contribution in [2.45, 2.75) is 59.0 Å². The average Bonchev–Trinajstić information content (AvgIpc) is 3.59. The monoisotopic (exact) mass is 545 g/mol. The van der Waals surface area contributed by atoms with Crippen LogP contribution < -0.4 is 0 Å². The molecule has 0 radical (unpaired) electrons. The zero-order chi connectivity index (χ0) is 28.3. The molecule has 0 bridgehead atoms. The van der Waals surface area contributed by atoms with E-state index >= 15 is 0 Å². The number of halogens is 1. The molecule has 2 saturated heterocycles. The van der Waals surface area contributed by atoms with E-state index in [4.69, 9.17) is 0 Å². The van der Waals surface area contributed by atoms with Gasteiger partial charge in [0.2, 0.25) is 5.91 Å². The molecule has 2 aromatic heterocycles. The van der Waals surface area contributed by atoms with E-state index in [1.165, 1.54) is 35.9 Å². The molecule has 2 aliphatic heterocycles. The van der Waals surface area contributed by atoms with Crippen LogP contribution in [-0.2, 0) is 11.2 Å². The van der Waals surface area contributed by atoms with Gasteiger partial charge in [-0.15, -0.1) is 0 Å². The van der Waals surface area contributed by atoms with Crippen molar-refractivity contribution in [2.24, 2.45) is 17.8 Å². The standard InChI is InChI=1S/C32H40FN5O2/c1-19(2)35(5)32(40)26-11-25(33)7-9-29(26)38-17-24(31-20(3)12-34-13-30(31)38)10-22-14-37(15-22)28-8-6-23-16-36(21(4)39)18-27(23)28/h7,9,11-13,17,19,22-23,27-28H,6,8,10,14-16,18H2,1-5H3. The van der Waals surface area contributed by atoms with Crippen LogP contribution in [-0.4, -0.2) is 81.4 Å². The minimum absolute atomic E-state index is 0.00373. The lowest BCUT2D eigenvalue weighted by Crippen LogP contribution is -2.54. The molecular formula is C32H40FN5O2. The third kappa shape index (κ3) is 4.60. The molecule has 212 valence electrons. The first-order chi connectivity index (χ1) is 19.1. The molecule has 3 aliphatic rings. The molecule has 4 heterocycles. The van der Waals surface area contributed by atoms with E-state index in [1.54, 1.807) is 24.9 Å². The van der Waals surface area contributed by atoms with Gasteiger partial charge in [0.15, 0.2) is 0 Å². The van der Waals surface area contributed by atoms with Gasteiger partial charge in [0.05, 0.1) is 23.0 Å². The molecule has 0 N–H and O–H groups in total. The SMILES string of the molecule is CC(=O)N1CC2CCC(N3CC(Cc4cn(-c5ccc(F)cc5C(=O)N(C)C(C)C)c5cncc(C)c45)C3)C2C1. The Bertz CT molecular complexity index is 1460. The smallest absolute Gasteiger partial charge is 0.256 e. The number of aryl methyl sites for hydroxylation is 1. The van der Waals surface area contributed by atoms with E-state index in [1.807, 2.05) is 35.7 Å². The van der Waals surface area contributed by atoms with Crippen LogP contribution in [0.25, 0.3) is 16.6 Å². The Morgan fingerprint density at radius 2 is 1.90 bits per heavy atom. The third-order valence-electron chi connectivity index (χ3n) is 9.75. The van der Waals surface area contributed by atoms with E-state index in [-0.39, 0.29) is 17.9 Å². The summed E-state index contributed by atoms with van der Waals surface area (Å²) >= 11 is 0. The molecule has 3 fully saturated rings. The van der Waals surface area contributed by atoms with E-state index in [2.05, 4.69) is 23.0 Å². The van der Waals surface area contributed by atoms with E-state index in [0.717, 1.165) is 43.7 Å². The summed E-state index contributed by atoms with van der Waals surface area (Å²) in [7, 11) is 1.75. The second kappa shape index (κ2) is 10.3. The fourth-order valence-electron chi connectivity index (χ4n) is 7.38. The lowest BCUT2D eigenvalue weighted by molar-refractivity contribution is -0.128. The first-order valence-corrected chi connectivity index (χ1v) is 14.6. The van der Waals surface area contributed by atoms with Crippen molar-refractivity contribution in [3.05, 3.63) is 59.3 Å². The van der Waals surface area contributed by atoms with Crippen LogP contribution in [0.15, 0.2) is 36.8 Å². The number of hydrogen-bond acceptors (Lipinski definition) is 4. The molecule has 3 atom stereocenters. The molecule has 8 heteroatoms. The molecule has 1 saturated carbocycles. The second-order valence-corrected chi connectivity index (χ2v) is 12.6. The number of aromatic nitrogens is 2. The van der Waals surface area contributed by atoms with Crippen LogP contribution in [0.4, 0.5) is 4.39 Å². The van der Waals surface area contributed by atoms with Crippen LogP contribution in [0.3, 0.4) is 0 Å². The Morgan fingerprint density at radius 3 is 2.62 bits per heavy atom. The molecule has 2 amide bonds. The number of benzene rings is 1. The maximum absolute atomic E-state index is 14.4. The number of carbonyl (C=O) groups is 2. The van der Waals surface area contributed by atoms with Gasteiger partial charge in [-0.25, -0.2) is 4.39 Å². The maximum atomic E-state index is 14.4. The summed E-state index contributed by atoms with van der Waals surface area (Å²) in [4.78, 5) is 36.1. The Morgan fingerprint density at radius 1 is 1.12 bits per heavy atom. The maximum Gasteiger partial charge on any atom is 0.256 e. The summed E-state index contributed by atoms with van der Waals surface area (Å²) < 4.78 is 16.4. The summed E-state index contributed by atoms with van der Waals surface area (Å²) in [6.45, 7) is 11.7. The van der Waals surface area contributed by atoms with Crippen LogP contribution in [0, 0.1) is 30.5 Å². The number of fused-ring (bicyclic) bond motifs is 2. The third-order valence-corrected chi connectivity index (χ3v) is 9.75. The summed E-state index contributed by atoms with van der Waals surface area (Å²) in [6.07, 6.45) is 9.29. The highest BCUT2D eigenvalue weighted by Crippen LogP contribution is 2.43. The lowest BCUT2D eigenvalue weighted by atomic mass is 9.87. The zero-order valence-electron chi connectivity index (χ0n) is 24.2. The second-order valence-electron chi connectivity index (χ2n) is 12.6. The molecule has 1 aliphatic carbocycles. The zero-order valence-corrected chi connectivity index (χ0v) is 24.2. The number of likely N-dealkylation sites (tertiary alicyclic amines) is 2. The predicted octanol–water partition coefficient (Wildman–Crippen LogP) is 4.68. The van der Waals surface area contributed by atoms with Gasteiger partial charge < -0.3 is 14.4 Å². The van der Waals surface area contributed by atoms with Gasteiger partial charge in [-0.05, 0) is 87.1 Å². The van der Waals surface area contributed by atoms with Crippen molar-refractivity contribution in [2.75, 3.05) is 33.2 Å². The van der Waals surface area contributed by atoms with Crippen LogP contribution in [0.5, 0.6) is 0 Å². The van der Waals surface area contributed by atoms with E-state index in [9.17, 15) is 14.0 Å². The van der Waals surface area contributed by atoms with Crippen molar-refractivity contribution in [1.82, 2.24) is 24.3 Å². The quantitative estimate of drug-likeness (QED) is 0.451. The Hall–Kier alpha value is -3.26. The van der Waals surface area contributed by atoms with Gasteiger partial charge in [0, 0.05) is 70.0 Å². The van der Waals surface area contributed by atoms with Crippen LogP contribution >= 0.6 is 0 Å². The summed E-state index contributed by atoms with van der Waals surface area (Å²) in [6, 6.07) is 5.06. The summed E-state index contributed by atoms with van der Waals surface area (Å²) in [5.41, 5.74) is 4.31. The van der Waals surface area contributed by atoms with Crippen LogP contribution in [0.2, 0.25) is 0 Å². The highest BCUT2D eigenvalue weighted by molar-refractivity contribution is 5.99. The number of rotatable bonds is 6. The lowest BCUT2D eigenvalue weighted by Gasteiger charge is -2.45. The molecule has 6 rings (SSSR count). The highest BCUT2D eigenvalue weighted by atomic mass is 19.1. The Labute approximate surface area is 235 Å². The van der Waals surface area contributed by atoms with Gasteiger partial charge in [-0.2, -0.15) is 0 Å². The Balaban J connectivity index is 1.25. The molecule has 7 nitrogen and oxygen atoms in total. The molecule has 3 aromatic rings. The fourth-order valence-corrected chi connectivity index (χ4v) is 7.38. The van der Waals surface area contributed by atoms with Gasteiger partial charge in [0.25, 0.3) is 5.91 Å². The summed E-state index contributed by atoms with van der Waals surface area (Å²) in [5.74, 6) is 1.40. The normalized spacial score (nSPS) is 23.2. The van der Waals surface area contributed by atoms with Gasteiger partial charge >= 0.3 is 0 Å². The van der Waals surface area contributed by atoms with Gasteiger partial charge in [-0.3, -0.25) is 19.5 Å². The molecular weight excluding hydrogens is 505 g/mol. The van der Waals surface area contributed by atoms with Gasteiger partial charge in [0.1, 0.15) is 5.82 Å². The predicted molar refractivity (Wildman–Crippen MR) is 154 cm³/mol. The Kier molecular flexibility index (Phi) is 6.93. The van der Waals surface area contributed by atoms with Crippen molar-refractivity contribution in [1.29, 1.82) is 0 Å². The minimum Gasteiger partial charge on any atom is -0.342 e. The number of hydrogen-bond donors (Lipinski definition) is 0. The average molecular weight is 546 g/mol. The molecule has 40 heavy (non-hydrogen) atoms. The largest absolute Gasteiger partial charge is 0.342 e. The molecule has 3 unspecified atom stereocenters. The number of nitrogens with zero attached hydrogens (tertiary/aromatic N) is 5. The van der Waals surface area contributed by atoms with Crippen LogP contribution in [0.1, 0.15) is 55.1 Å². The first-order valence-electron chi connectivity index (χ1n) is 14.6. The van der Waals surface area contributed by atoms with Crippen molar-refractivity contribution >= 4 is 22.7 Å². The van der Waals surface area contributed by atoms with E-state index < -0.39 is 5.82 Å².